The molecule has 1 fully saturated rings. The highest BCUT2D eigenvalue weighted by atomic mass is 16.5. The van der Waals surface area contributed by atoms with Crippen molar-refractivity contribution in [2.24, 2.45) is 0 Å². The molecule has 0 unspecified atom stereocenters. The number of carbonyl (C=O) groups is 2. The summed E-state index contributed by atoms with van der Waals surface area (Å²) in [6.07, 6.45) is 0.479. The van der Waals surface area contributed by atoms with Crippen molar-refractivity contribution in [2.75, 3.05) is 33.3 Å². The van der Waals surface area contributed by atoms with E-state index in [4.69, 9.17) is 4.74 Å². The van der Waals surface area contributed by atoms with Crippen LogP contribution in [0.3, 0.4) is 0 Å². The largest absolute Gasteiger partial charge is 0.497 e. The summed E-state index contributed by atoms with van der Waals surface area (Å²) >= 11 is 0. The number of nitrogens with one attached hydrogen (secondary N) is 2. The second-order valence-electron chi connectivity index (χ2n) is 5.38. The summed E-state index contributed by atoms with van der Waals surface area (Å²) in [5.41, 5.74) is 0.989. The zero-order chi connectivity index (χ0) is 15.9. The quantitative estimate of drug-likeness (QED) is 0.814. The van der Waals surface area contributed by atoms with Crippen molar-refractivity contribution in [2.45, 2.75) is 19.4 Å². The van der Waals surface area contributed by atoms with Crippen molar-refractivity contribution < 1.29 is 14.3 Å². The van der Waals surface area contributed by atoms with Crippen LogP contribution in [0.4, 0.5) is 0 Å². The standard InChI is InChI=1S/C16H23N3O3/c1-12(20)18-15(16(21)19-9-7-17-8-10-19)11-13-3-5-14(22-2)6-4-13/h3-6,15,17H,7-11H2,1-2H3,(H,18,20)/t15-/m0/s1. The summed E-state index contributed by atoms with van der Waals surface area (Å²) in [5.74, 6) is 0.558. The molecule has 2 rings (SSSR count). The molecule has 0 radical (unpaired) electrons. The molecule has 0 saturated carbocycles. The van der Waals surface area contributed by atoms with E-state index in [2.05, 4.69) is 10.6 Å². The number of benzene rings is 1. The van der Waals surface area contributed by atoms with E-state index in [1.165, 1.54) is 6.92 Å². The first-order valence-corrected chi connectivity index (χ1v) is 7.49. The summed E-state index contributed by atoms with van der Waals surface area (Å²) in [5, 5.41) is 5.99. The molecular weight excluding hydrogens is 282 g/mol. The molecule has 1 atom stereocenters. The first-order valence-electron chi connectivity index (χ1n) is 7.49. The van der Waals surface area contributed by atoms with Crippen LogP contribution in [0.15, 0.2) is 24.3 Å². The summed E-state index contributed by atoms with van der Waals surface area (Å²) in [6.45, 7) is 4.38. The highest BCUT2D eigenvalue weighted by Gasteiger charge is 2.26. The van der Waals surface area contributed by atoms with Gasteiger partial charge in [-0.25, -0.2) is 0 Å². The number of carbonyl (C=O) groups excluding carboxylic acids is 2. The maximum Gasteiger partial charge on any atom is 0.245 e. The first kappa shape index (κ1) is 16.3. The number of methoxy groups -OCH3 is 1. The van der Waals surface area contributed by atoms with E-state index in [1.54, 1.807) is 12.0 Å². The molecule has 6 heteroatoms. The smallest absolute Gasteiger partial charge is 0.245 e. The Labute approximate surface area is 130 Å². The predicted molar refractivity (Wildman–Crippen MR) is 83.8 cm³/mol. The fourth-order valence-corrected chi connectivity index (χ4v) is 2.55. The normalized spacial score (nSPS) is 16.0. The van der Waals surface area contributed by atoms with Crippen molar-refractivity contribution in [1.82, 2.24) is 15.5 Å². The van der Waals surface area contributed by atoms with Gasteiger partial charge in [0.2, 0.25) is 11.8 Å². The van der Waals surface area contributed by atoms with E-state index in [0.29, 0.717) is 19.5 Å². The molecule has 0 bridgehead atoms. The number of hydrogen-bond acceptors (Lipinski definition) is 4. The third-order valence-electron chi connectivity index (χ3n) is 3.70. The predicted octanol–water partition coefficient (Wildman–Crippen LogP) is 0.174. The van der Waals surface area contributed by atoms with Gasteiger partial charge in [0, 0.05) is 39.5 Å². The Morgan fingerprint density at radius 2 is 1.91 bits per heavy atom. The van der Waals surface area contributed by atoms with Crippen molar-refractivity contribution in [3.05, 3.63) is 29.8 Å². The number of amides is 2. The average Bonchev–Trinajstić information content (AvgIpc) is 2.54. The van der Waals surface area contributed by atoms with E-state index in [1.807, 2.05) is 24.3 Å². The van der Waals surface area contributed by atoms with Crippen LogP contribution in [0.25, 0.3) is 0 Å². The minimum absolute atomic E-state index is 0.0208. The van der Waals surface area contributed by atoms with Crippen LogP contribution in [0.5, 0.6) is 5.75 Å². The van der Waals surface area contributed by atoms with Crippen LogP contribution in [-0.2, 0) is 16.0 Å². The Hall–Kier alpha value is -2.08. The number of piperazine rings is 1. The van der Waals surface area contributed by atoms with Crippen LogP contribution in [0.2, 0.25) is 0 Å². The molecule has 120 valence electrons. The summed E-state index contributed by atoms with van der Waals surface area (Å²) in [7, 11) is 1.61. The zero-order valence-electron chi connectivity index (χ0n) is 13.1. The van der Waals surface area contributed by atoms with Crippen molar-refractivity contribution in [1.29, 1.82) is 0 Å². The topological polar surface area (TPSA) is 70.7 Å². The lowest BCUT2D eigenvalue weighted by Crippen LogP contribution is -2.54. The molecule has 22 heavy (non-hydrogen) atoms. The molecule has 1 aliphatic rings. The van der Waals surface area contributed by atoms with Gasteiger partial charge in [-0.3, -0.25) is 9.59 Å². The van der Waals surface area contributed by atoms with Crippen molar-refractivity contribution in [3.63, 3.8) is 0 Å². The molecule has 1 aliphatic heterocycles. The maximum absolute atomic E-state index is 12.6. The van der Waals surface area contributed by atoms with Gasteiger partial charge in [-0.1, -0.05) is 12.1 Å². The lowest BCUT2D eigenvalue weighted by atomic mass is 10.0. The first-order chi connectivity index (χ1) is 10.6. The fraction of sp³-hybridized carbons (Fsp3) is 0.500. The van der Waals surface area contributed by atoms with Gasteiger partial charge in [0.05, 0.1) is 7.11 Å². The minimum atomic E-state index is -0.524. The van der Waals surface area contributed by atoms with Crippen LogP contribution in [-0.4, -0.2) is 56.0 Å². The van der Waals surface area contributed by atoms with Crippen LogP contribution in [0, 0.1) is 0 Å². The molecule has 0 aliphatic carbocycles. The van der Waals surface area contributed by atoms with E-state index in [-0.39, 0.29) is 11.8 Å². The molecule has 2 amide bonds. The third-order valence-corrected chi connectivity index (χ3v) is 3.70. The second-order valence-corrected chi connectivity index (χ2v) is 5.38. The van der Waals surface area contributed by atoms with E-state index in [0.717, 1.165) is 24.4 Å². The fourth-order valence-electron chi connectivity index (χ4n) is 2.55. The zero-order valence-corrected chi connectivity index (χ0v) is 13.1. The lowest BCUT2D eigenvalue weighted by Gasteiger charge is -2.31. The molecule has 6 nitrogen and oxygen atoms in total. The highest BCUT2D eigenvalue weighted by molar-refractivity contribution is 5.87. The van der Waals surface area contributed by atoms with E-state index < -0.39 is 6.04 Å². The number of rotatable bonds is 5. The second kappa shape index (κ2) is 7.79. The Morgan fingerprint density at radius 3 is 2.45 bits per heavy atom. The molecular formula is C16H23N3O3. The Morgan fingerprint density at radius 1 is 1.27 bits per heavy atom. The molecule has 2 N–H and O–H groups in total. The van der Waals surface area contributed by atoms with Gasteiger partial charge in [0.25, 0.3) is 0 Å². The summed E-state index contributed by atoms with van der Waals surface area (Å²) in [4.78, 5) is 25.8. The lowest BCUT2D eigenvalue weighted by molar-refractivity contribution is -0.136. The van der Waals surface area contributed by atoms with E-state index >= 15 is 0 Å². The van der Waals surface area contributed by atoms with Gasteiger partial charge >= 0.3 is 0 Å². The molecule has 0 spiro atoms. The summed E-state index contributed by atoms with van der Waals surface area (Å²) in [6, 6.07) is 7.02. The molecule has 1 heterocycles. The van der Waals surface area contributed by atoms with Crippen molar-refractivity contribution >= 4 is 11.8 Å². The molecule has 1 saturated heterocycles. The van der Waals surface area contributed by atoms with Crippen molar-refractivity contribution in [3.8, 4) is 5.75 Å². The van der Waals surface area contributed by atoms with Gasteiger partial charge in [-0.2, -0.15) is 0 Å². The van der Waals surface area contributed by atoms with Gasteiger partial charge in [0.15, 0.2) is 0 Å². The Bertz CT molecular complexity index is 510. The molecule has 0 aromatic heterocycles. The average molecular weight is 305 g/mol. The maximum atomic E-state index is 12.6. The van der Waals surface area contributed by atoms with Crippen LogP contribution >= 0.6 is 0 Å². The molecule has 1 aromatic rings. The third kappa shape index (κ3) is 4.46. The molecule has 1 aromatic carbocycles. The SMILES string of the molecule is COc1ccc(C[C@H](NC(C)=O)C(=O)N2CCNCC2)cc1. The number of nitrogens with zero attached hydrogens (tertiary/aromatic N) is 1. The van der Waals surface area contributed by atoms with E-state index in [9.17, 15) is 9.59 Å². The minimum Gasteiger partial charge on any atom is -0.497 e. The van der Waals surface area contributed by atoms with Crippen LogP contribution < -0.4 is 15.4 Å². The Balaban J connectivity index is 2.06. The highest BCUT2D eigenvalue weighted by Crippen LogP contribution is 2.13. The van der Waals surface area contributed by atoms with Gasteiger partial charge in [-0.15, -0.1) is 0 Å². The van der Waals surface area contributed by atoms with Crippen LogP contribution in [0.1, 0.15) is 12.5 Å². The van der Waals surface area contributed by atoms with Gasteiger partial charge in [-0.05, 0) is 17.7 Å². The van der Waals surface area contributed by atoms with Gasteiger partial charge < -0.3 is 20.3 Å². The Kier molecular flexibility index (Phi) is 5.77. The number of hydrogen-bond donors (Lipinski definition) is 2. The van der Waals surface area contributed by atoms with Gasteiger partial charge in [0.1, 0.15) is 11.8 Å². The summed E-state index contributed by atoms with van der Waals surface area (Å²) < 4.78 is 5.13. The monoisotopic (exact) mass is 305 g/mol. The number of ether oxygens (including phenoxy) is 1.